The predicted octanol–water partition coefficient (Wildman–Crippen LogP) is 0.444. The molecule has 2 saturated carbocycles. The molecule has 0 amide bonds. The Balaban J connectivity index is 2.12. The number of carboxylic acids is 1. The molecule has 2 rings (SSSR count). The van der Waals surface area contributed by atoms with Crippen LogP contribution in [0.3, 0.4) is 0 Å². The van der Waals surface area contributed by atoms with E-state index in [0.717, 1.165) is 19.3 Å². The van der Waals surface area contributed by atoms with Crippen LogP contribution in [0.25, 0.3) is 0 Å². The van der Waals surface area contributed by atoms with Gasteiger partial charge in [-0.15, -0.1) is 0 Å². The lowest BCUT2D eigenvalue weighted by molar-refractivity contribution is -0.143. The second kappa shape index (κ2) is 2.21. The molecule has 2 aliphatic rings. The smallest absolute Gasteiger partial charge is 0.306 e. The van der Waals surface area contributed by atoms with Gasteiger partial charge in [-0.25, -0.2) is 0 Å². The lowest BCUT2D eigenvalue weighted by Crippen LogP contribution is -2.35. The fraction of sp³-hybridized carbons (Fsp3) is 0.875. The highest BCUT2D eigenvalue weighted by atomic mass is 16.4. The number of hydrogen-bond acceptors (Lipinski definition) is 2. The van der Waals surface area contributed by atoms with E-state index in [1.165, 1.54) is 0 Å². The zero-order chi connectivity index (χ0) is 8.01. The van der Waals surface area contributed by atoms with Crippen LogP contribution in [-0.2, 0) is 4.79 Å². The van der Waals surface area contributed by atoms with E-state index in [1.54, 1.807) is 0 Å². The number of fused-ring (bicyclic) bond motifs is 2. The quantitative estimate of drug-likeness (QED) is 0.577. The monoisotopic (exact) mass is 155 g/mol. The highest BCUT2D eigenvalue weighted by Crippen LogP contribution is 2.47. The molecule has 3 heteroatoms. The van der Waals surface area contributed by atoms with E-state index in [2.05, 4.69) is 0 Å². The van der Waals surface area contributed by atoms with Gasteiger partial charge in [0.15, 0.2) is 0 Å². The average molecular weight is 155 g/mol. The van der Waals surface area contributed by atoms with Crippen molar-refractivity contribution in [1.29, 1.82) is 0 Å². The number of carboxylic acid groups (broad SMARTS) is 1. The van der Waals surface area contributed by atoms with Crippen molar-refractivity contribution < 1.29 is 9.90 Å². The summed E-state index contributed by atoms with van der Waals surface area (Å²) >= 11 is 0. The summed E-state index contributed by atoms with van der Waals surface area (Å²) in [6.07, 6.45) is 2.97. The minimum Gasteiger partial charge on any atom is -0.481 e. The van der Waals surface area contributed by atoms with Gasteiger partial charge in [-0.1, -0.05) is 0 Å². The zero-order valence-corrected chi connectivity index (χ0v) is 6.36. The van der Waals surface area contributed by atoms with E-state index in [9.17, 15) is 4.79 Å². The maximum absolute atomic E-state index is 10.7. The van der Waals surface area contributed by atoms with E-state index in [4.69, 9.17) is 10.8 Å². The maximum atomic E-state index is 10.7. The minimum atomic E-state index is -0.646. The van der Waals surface area contributed by atoms with Gasteiger partial charge in [0.05, 0.1) is 5.92 Å². The molecular weight excluding hydrogens is 142 g/mol. The molecule has 3 N–H and O–H groups in total. The van der Waals surface area contributed by atoms with Crippen molar-refractivity contribution in [3.8, 4) is 0 Å². The van der Waals surface area contributed by atoms with Gasteiger partial charge in [-0.05, 0) is 31.1 Å². The van der Waals surface area contributed by atoms with Crippen molar-refractivity contribution in [3.63, 3.8) is 0 Å². The normalized spacial score (nSPS) is 48.1. The lowest BCUT2D eigenvalue weighted by atomic mass is 9.86. The first kappa shape index (κ1) is 7.10. The Hall–Kier alpha value is -0.570. The van der Waals surface area contributed by atoms with Crippen LogP contribution < -0.4 is 5.73 Å². The third-order valence-corrected chi connectivity index (χ3v) is 3.18. The summed E-state index contributed by atoms with van der Waals surface area (Å²) in [5, 5.41) is 8.80. The molecule has 2 fully saturated rings. The molecule has 2 aliphatic carbocycles. The fourth-order valence-corrected chi connectivity index (χ4v) is 2.69. The molecule has 0 aromatic carbocycles. The Kier molecular flexibility index (Phi) is 1.42. The summed E-state index contributed by atoms with van der Waals surface area (Å²) in [6, 6.07) is 0.162. The van der Waals surface area contributed by atoms with Crippen LogP contribution >= 0.6 is 0 Å². The van der Waals surface area contributed by atoms with Gasteiger partial charge in [0.1, 0.15) is 0 Å². The van der Waals surface area contributed by atoms with Crippen molar-refractivity contribution >= 4 is 5.97 Å². The highest BCUT2D eigenvalue weighted by Gasteiger charge is 2.47. The van der Waals surface area contributed by atoms with Gasteiger partial charge in [0, 0.05) is 6.04 Å². The summed E-state index contributed by atoms with van der Waals surface area (Å²) in [6.45, 7) is 0. The third kappa shape index (κ3) is 0.948. The first-order chi connectivity index (χ1) is 5.18. The van der Waals surface area contributed by atoms with E-state index < -0.39 is 5.97 Å². The second-order valence-electron chi connectivity index (χ2n) is 3.85. The summed E-state index contributed by atoms with van der Waals surface area (Å²) < 4.78 is 0. The zero-order valence-electron chi connectivity index (χ0n) is 6.36. The van der Waals surface area contributed by atoms with Crippen LogP contribution in [0, 0.1) is 17.8 Å². The SMILES string of the molecule is N[C@@H]1C[C@@H]2C[C@@H]1[C@H](C(=O)O)C2. The maximum Gasteiger partial charge on any atom is 0.306 e. The van der Waals surface area contributed by atoms with Crippen LogP contribution in [-0.4, -0.2) is 17.1 Å². The molecule has 0 radical (unpaired) electrons. The van der Waals surface area contributed by atoms with Gasteiger partial charge in [0.2, 0.25) is 0 Å². The number of hydrogen-bond donors (Lipinski definition) is 2. The summed E-state index contributed by atoms with van der Waals surface area (Å²) in [5.41, 5.74) is 5.78. The van der Waals surface area contributed by atoms with Crippen LogP contribution in [0.5, 0.6) is 0 Å². The van der Waals surface area contributed by atoms with Crippen LogP contribution in [0.2, 0.25) is 0 Å². The van der Waals surface area contributed by atoms with Gasteiger partial charge in [-0.2, -0.15) is 0 Å². The molecule has 11 heavy (non-hydrogen) atoms. The topological polar surface area (TPSA) is 63.3 Å². The number of nitrogens with two attached hydrogens (primary N) is 1. The average Bonchev–Trinajstić information content (AvgIpc) is 2.43. The summed E-state index contributed by atoms with van der Waals surface area (Å²) in [7, 11) is 0. The van der Waals surface area contributed by atoms with Crippen molar-refractivity contribution in [2.24, 2.45) is 23.5 Å². The van der Waals surface area contributed by atoms with Gasteiger partial charge in [-0.3, -0.25) is 4.79 Å². The molecular formula is C8H13NO2. The summed E-state index contributed by atoms with van der Waals surface area (Å²) in [5.74, 6) is 0.102. The van der Waals surface area contributed by atoms with E-state index in [0.29, 0.717) is 5.92 Å². The Bertz CT molecular complexity index is 193. The molecule has 2 bridgehead atoms. The van der Waals surface area contributed by atoms with Gasteiger partial charge >= 0.3 is 5.97 Å². The Morgan fingerprint density at radius 2 is 2.09 bits per heavy atom. The number of rotatable bonds is 1. The molecule has 0 aromatic rings. The summed E-state index contributed by atoms with van der Waals surface area (Å²) in [4.78, 5) is 10.7. The lowest BCUT2D eigenvalue weighted by Gasteiger charge is -2.23. The van der Waals surface area contributed by atoms with Crippen molar-refractivity contribution in [2.45, 2.75) is 25.3 Å². The molecule has 3 nitrogen and oxygen atoms in total. The van der Waals surface area contributed by atoms with Gasteiger partial charge < -0.3 is 10.8 Å². The predicted molar refractivity (Wildman–Crippen MR) is 39.9 cm³/mol. The van der Waals surface area contributed by atoms with Crippen LogP contribution in [0.4, 0.5) is 0 Å². The molecule has 4 atom stereocenters. The van der Waals surface area contributed by atoms with Crippen molar-refractivity contribution in [2.75, 3.05) is 0 Å². The molecule has 0 spiro atoms. The molecule has 62 valence electrons. The Morgan fingerprint density at radius 1 is 1.36 bits per heavy atom. The standard InChI is InChI=1S/C8H13NO2/c9-7-3-4-1-5(7)6(2-4)8(10)11/h4-7H,1-3,9H2,(H,10,11)/t4-,5-,6-,7-/m1/s1. The molecule has 0 aromatic heterocycles. The van der Waals surface area contributed by atoms with Crippen molar-refractivity contribution in [3.05, 3.63) is 0 Å². The largest absolute Gasteiger partial charge is 0.481 e. The second-order valence-corrected chi connectivity index (χ2v) is 3.85. The first-order valence-electron chi connectivity index (χ1n) is 4.17. The number of aliphatic carboxylic acids is 1. The van der Waals surface area contributed by atoms with E-state index in [-0.39, 0.29) is 17.9 Å². The first-order valence-corrected chi connectivity index (χ1v) is 4.17. The van der Waals surface area contributed by atoms with Crippen LogP contribution in [0.1, 0.15) is 19.3 Å². The molecule has 0 heterocycles. The van der Waals surface area contributed by atoms with E-state index >= 15 is 0 Å². The third-order valence-electron chi connectivity index (χ3n) is 3.18. The van der Waals surface area contributed by atoms with Crippen LogP contribution in [0.15, 0.2) is 0 Å². The number of carbonyl (C=O) groups is 1. The Labute approximate surface area is 65.6 Å². The molecule has 0 unspecified atom stereocenters. The fourth-order valence-electron chi connectivity index (χ4n) is 2.69. The Morgan fingerprint density at radius 3 is 2.45 bits per heavy atom. The minimum absolute atomic E-state index is 0.135. The van der Waals surface area contributed by atoms with Gasteiger partial charge in [0.25, 0.3) is 0 Å². The molecule has 0 aliphatic heterocycles. The van der Waals surface area contributed by atoms with Crippen molar-refractivity contribution in [1.82, 2.24) is 0 Å². The highest BCUT2D eigenvalue weighted by molar-refractivity contribution is 5.71. The van der Waals surface area contributed by atoms with E-state index in [1.807, 2.05) is 0 Å². The molecule has 0 saturated heterocycles.